The summed E-state index contributed by atoms with van der Waals surface area (Å²) in [6, 6.07) is 5.57. The Bertz CT molecular complexity index is 1160. The molecule has 1 aliphatic rings. The molecule has 0 amide bonds. The predicted molar refractivity (Wildman–Crippen MR) is 115 cm³/mol. The molecule has 0 atom stereocenters. The number of hydrogen-bond donors (Lipinski definition) is 4. The number of fused-ring (bicyclic) bond motifs is 1. The zero-order chi connectivity index (χ0) is 22.9. The molecule has 172 valence electrons. The number of anilines is 3. The highest BCUT2D eigenvalue weighted by atomic mass is 19.4. The van der Waals surface area contributed by atoms with E-state index < -0.39 is 29.7 Å². The van der Waals surface area contributed by atoms with Crippen molar-refractivity contribution in [3.63, 3.8) is 0 Å². The van der Waals surface area contributed by atoms with Crippen molar-refractivity contribution in [2.45, 2.75) is 50.4 Å². The van der Waals surface area contributed by atoms with Crippen molar-refractivity contribution < 1.29 is 23.0 Å². The second-order valence-corrected chi connectivity index (χ2v) is 8.13. The van der Waals surface area contributed by atoms with E-state index in [2.05, 4.69) is 15.6 Å². The van der Waals surface area contributed by atoms with E-state index in [0.29, 0.717) is 37.8 Å². The number of rotatable bonds is 8. The third-order valence-electron chi connectivity index (χ3n) is 5.82. The van der Waals surface area contributed by atoms with Gasteiger partial charge < -0.3 is 25.5 Å². The molecule has 0 saturated heterocycles. The number of alkyl halides is 3. The van der Waals surface area contributed by atoms with E-state index in [1.54, 1.807) is 6.20 Å². The third-order valence-corrected chi connectivity index (χ3v) is 5.82. The summed E-state index contributed by atoms with van der Waals surface area (Å²) >= 11 is 0. The summed E-state index contributed by atoms with van der Waals surface area (Å²) in [4.78, 5) is 27.5. The summed E-state index contributed by atoms with van der Waals surface area (Å²) in [5, 5.41) is 16.1. The van der Waals surface area contributed by atoms with Crippen molar-refractivity contribution in [2.75, 3.05) is 23.8 Å². The van der Waals surface area contributed by atoms with Crippen LogP contribution in [0.15, 0.2) is 34.0 Å². The smallest absolute Gasteiger partial charge is 0.396 e. The molecule has 4 N–H and O–H groups in total. The molecule has 0 bridgehead atoms. The van der Waals surface area contributed by atoms with Crippen molar-refractivity contribution in [3.8, 4) is 0 Å². The number of aliphatic hydroxyl groups is 1. The third kappa shape index (κ3) is 4.81. The van der Waals surface area contributed by atoms with Crippen molar-refractivity contribution >= 4 is 28.0 Å². The van der Waals surface area contributed by atoms with E-state index in [0.717, 1.165) is 16.5 Å². The molecule has 32 heavy (non-hydrogen) atoms. The van der Waals surface area contributed by atoms with Crippen LogP contribution in [-0.2, 0) is 11.2 Å². The number of halogens is 3. The van der Waals surface area contributed by atoms with Gasteiger partial charge in [-0.3, -0.25) is 9.59 Å². The molecule has 1 fully saturated rings. The summed E-state index contributed by atoms with van der Waals surface area (Å²) in [7, 11) is 0. The van der Waals surface area contributed by atoms with Crippen molar-refractivity contribution in [3.05, 3.63) is 50.4 Å². The Balaban J connectivity index is 1.42. The van der Waals surface area contributed by atoms with Crippen LogP contribution in [0.3, 0.4) is 0 Å². The first-order valence-electron chi connectivity index (χ1n) is 10.5. The van der Waals surface area contributed by atoms with Gasteiger partial charge in [0.1, 0.15) is 18.0 Å². The number of aliphatic hydroxyl groups excluding tert-OH is 1. The van der Waals surface area contributed by atoms with Gasteiger partial charge >= 0.3 is 6.18 Å². The number of ether oxygens (including phenoxy) is 1. The maximum atomic E-state index is 12.3. The number of H-pyrrole nitrogens is 1. The summed E-state index contributed by atoms with van der Waals surface area (Å²) < 4.78 is 41.9. The minimum atomic E-state index is -4.35. The average molecular weight is 451 g/mol. The highest BCUT2D eigenvalue weighted by molar-refractivity contribution is 5.96. The molecule has 4 rings (SSSR count). The molecule has 1 saturated carbocycles. The van der Waals surface area contributed by atoms with Crippen LogP contribution in [-0.4, -0.2) is 41.6 Å². The van der Waals surface area contributed by atoms with Crippen LogP contribution in [0.1, 0.15) is 31.2 Å². The second-order valence-electron chi connectivity index (χ2n) is 8.13. The Morgan fingerprint density at radius 3 is 2.50 bits per heavy atom. The SMILES string of the molecule is O=c1c(Nc2c[nH]c3ccc(CCO)cc23)c(NC2CCC(OCC(F)(F)F)CC2)c1=O. The number of aromatic amines is 1. The van der Waals surface area contributed by atoms with Crippen LogP contribution in [0.5, 0.6) is 0 Å². The Kier molecular flexibility index (Phi) is 6.25. The van der Waals surface area contributed by atoms with Gasteiger partial charge in [0.2, 0.25) is 0 Å². The van der Waals surface area contributed by atoms with Gasteiger partial charge in [-0.1, -0.05) is 6.07 Å². The van der Waals surface area contributed by atoms with Gasteiger partial charge in [-0.2, -0.15) is 13.2 Å². The quantitative estimate of drug-likeness (QED) is 0.392. The molecule has 7 nitrogen and oxygen atoms in total. The van der Waals surface area contributed by atoms with Crippen LogP contribution < -0.4 is 21.5 Å². The van der Waals surface area contributed by atoms with Gasteiger partial charge in [-0.15, -0.1) is 0 Å². The maximum Gasteiger partial charge on any atom is 0.411 e. The number of aromatic nitrogens is 1. The molecule has 3 aromatic rings. The monoisotopic (exact) mass is 451 g/mol. The number of benzene rings is 1. The fourth-order valence-corrected chi connectivity index (χ4v) is 4.13. The average Bonchev–Trinajstić information content (AvgIpc) is 3.17. The van der Waals surface area contributed by atoms with Crippen LogP contribution in [0, 0.1) is 0 Å². The van der Waals surface area contributed by atoms with Gasteiger partial charge in [0.05, 0.1) is 11.8 Å². The van der Waals surface area contributed by atoms with E-state index in [1.807, 2.05) is 18.2 Å². The normalized spacial score (nSPS) is 19.5. The molecule has 1 heterocycles. The van der Waals surface area contributed by atoms with Crippen molar-refractivity contribution in [1.82, 2.24) is 4.98 Å². The molecule has 0 unspecified atom stereocenters. The minimum absolute atomic E-state index is 0.0222. The Morgan fingerprint density at radius 2 is 1.81 bits per heavy atom. The van der Waals surface area contributed by atoms with Crippen LogP contribution in [0.4, 0.5) is 30.2 Å². The molecular formula is C22H24F3N3O4. The zero-order valence-electron chi connectivity index (χ0n) is 17.2. The summed E-state index contributed by atoms with van der Waals surface area (Å²) in [5.41, 5.74) is 1.59. The Hall–Kier alpha value is -2.85. The van der Waals surface area contributed by atoms with Crippen LogP contribution in [0.2, 0.25) is 0 Å². The maximum absolute atomic E-state index is 12.3. The first kappa shape index (κ1) is 22.3. The lowest BCUT2D eigenvalue weighted by molar-refractivity contribution is -0.187. The Labute approximate surface area is 181 Å². The van der Waals surface area contributed by atoms with Crippen LogP contribution in [0.25, 0.3) is 10.9 Å². The summed E-state index contributed by atoms with van der Waals surface area (Å²) in [5.74, 6) is 0. The van der Waals surface area contributed by atoms with Gasteiger partial charge in [-0.05, 0) is 49.8 Å². The number of nitrogens with one attached hydrogen (secondary N) is 3. The predicted octanol–water partition coefficient (Wildman–Crippen LogP) is 3.34. The lowest BCUT2D eigenvalue weighted by Gasteiger charge is -2.30. The van der Waals surface area contributed by atoms with Gasteiger partial charge in [0.15, 0.2) is 0 Å². The fourth-order valence-electron chi connectivity index (χ4n) is 4.13. The van der Waals surface area contributed by atoms with Crippen LogP contribution >= 0.6 is 0 Å². The van der Waals surface area contributed by atoms with Gasteiger partial charge in [-0.25, -0.2) is 0 Å². The lowest BCUT2D eigenvalue weighted by Crippen LogP contribution is -2.40. The summed E-state index contributed by atoms with van der Waals surface area (Å²) in [6.45, 7) is -1.24. The molecule has 1 aromatic heterocycles. The molecule has 0 radical (unpaired) electrons. The molecule has 2 aromatic carbocycles. The van der Waals surface area contributed by atoms with Crippen molar-refractivity contribution in [2.24, 2.45) is 0 Å². The van der Waals surface area contributed by atoms with E-state index in [-0.39, 0.29) is 24.0 Å². The topological polar surface area (TPSA) is 103 Å². The van der Waals surface area contributed by atoms with E-state index >= 15 is 0 Å². The Morgan fingerprint density at radius 1 is 1.09 bits per heavy atom. The highest BCUT2D eigenvalue weighted by Crippen LogP contribution is 2.31. The zero-order valence-corrected chi connectivity index (χ0v) is 17.2. The first-order valence-corrected chi connectivity index (χ1v) is 10.5. The molecule has 10 heteroatoms. The van der Waals surface area contributed by atoms with E-state index in [4.69, 9.17) is 9.84 Å². The minimum Gasteiger partial charge on any atom is -0.396 e. The standard InChI is InChI=1S/C22H24F3N3O4/c23-22(24,25)11-32-14-4-2-13(3-5-14)27-18-19(21(31)20(18)30)28-17-10-26-16-6-1-12(7-8-29)9-15(16)17/h1,6,9-10,13-14,26-29H,2-5,7-8,11H2. The number of hydrogen-bond acceptors (Lipinski definition) is 6. The molecule has 1 aliphatic carbocycles. The van der Waals surface area contributed by atoms with Gasteiger partial charge in [0, 0.05) is 29.7 Å². The van der Waals surface area contributed by atoms with E-state index in [9.17, 15) is 22.8 Å². The van der Waals surface area contributed by atoms with E-state index in [1.165, 1.54) is 0 Å². The molecular weight excluding hydrogens is 427 g/mol. The van der Waals surface area contributed by atoms with Gasteiger partial charge in [0.25, 0.3) is 10.9 Å². The first-order chi connectivity index (χ1) is 15.2. The largest absolute Gasteiger partial charge is 0.411 e. The fraction of sp³-hybridized carbons (Fsp3) is 0.455. The molecule has 0 spiro atoms. The molecule has 0 aliphatic heterocycles. The highest BCUT2D eigenvalue weighted by Gasteiger charge is 2.32. The summed E-state index contributed by atoms with van der Waals surface area (Å²) in [6.07, 6.45) is -0.624. The second kappa shape index (κ2) is 8.95. The van der Waals surface area contributed by atoms with Crippen molar-refractivity contribution in [1.29, 1.82) is 0 Å². The lowest BCUT2D eigenvalue weighted by atomic mass is 9.92.